The Hall–Kier alpha value is -2.20. The van der Waals surface area contributed by atoms with Crippen molar-refractivity contribution in [2.45, 2.75) is 13.0 Å². The number of hydrogen-bond acceptors (Lipinski definition) is 3. The average Bonchev–Trinajstić information content (AvgIpc) is 2.55. The third kappa shape index (κ3) is 3.11. The summed E-state index contributed by atoms with van der Waals surface area (Å²) in [6, 6.07) is 15.5. The second-order valence-corrected chi connectivity index (χ2v) is 5.19. The van der Waals surface area contributed by atoms with Crippen LogP contribution in [0.2, 0.25) is 0 Å². The molecule has 0 spiro atoms. The first kappa shape index (κ1) is 13.8. The minimum atomic E-state index is -0.0614. The van der Waals surface area contributed by atoms with E-state index in [1.165, 1.54) is 0 Å². The lowest BCUT2D eigenvalue weighted by molar-refractivity contribution is -0.0230. The molecule has 1 fully saturated rings. The van der Waals surface area contributed by atoms with Gasteiger partial charge < -0.3 is 9.64 Å². The summed E-state index contributed by atoms with van der Waals surface area (Å²) in [5, 5.41) is 0. The van der Waals surface area contributed by atoms with Crippen LogP contribution in [-0.4, -0.2) is 35.5 Å². The van der Waals surface area contributed by atoms with E-state index in [0.29, 0.717) is 25.4 Å². The fourth-order valence-corrected chi connectivity index (χ4v) is 2.53. The molecule has 0 N–H and O–H groups in total. The van der Waals surface area contributed by atoms with Crippen molar-refractivity contribution in [2.24, 2.45) is 0 Å². The average molecular weight is 282 g/mol. The predicted molar refractivity (Wildman–Crippen MR) is 80.0 cm³/mol. The zero-order valence-corrected chi connectivity index (χ0v) is 12.0. The molecule has 21 heavy (non-hydrogen) atoms. The highest BCUT2D eigenvalue weighted by molar-refractivity contribution is 5.92. The smallest absolute Gasteiger partial charge is 0.272 e. The van der Waals surface area contributed by atoms with Gasteiger partial charge in [0.25, 0.3) is 5.91 Å². The molecule has 0 aliphatic carbocycles. The second-order valence-electron chi connectivity index (χ2n) is 5.19. The van der Waals surface area contributed by atoms with E-state index >= 15 is 0 Å². The minimum Gasteiger partial charge on any atom is -0.370 e. The van der Waals surface area contributed by atoms with Crippen LogP contribution in [-0.2, 0) is 4.74 Å². The zero-order chi connectivity index (χ0) is 14.7. The van der Waals surface area contributed by atoms with E-state index in [4.69, 9.17) is 4.74 Å². The number of nitrogens with zero attached hydrogens (tertiary/aromatic N) is 2. The number of pyridine rings is 1. The molecule has 4 nitrogen and oxygen atoms in total. The van der Waals surface area contributed by atoms with Crippen LogP contribution in [0.25, 0.3) is 0 Å². The largest absolute Gasteiger partial charge is 0.370 e. The molecule has 0 saturated carbocycles. The number of carbonyl (C=O) groups is 1. The third-order valence-electron chi connectivity index (χ3n) is 3.63. The van der Waals surface area contributed by atoms with E-state index in [1.54, 1.807) is 6.07 Å². The monoisotopic (exact) mass is 282 g/mol. The molecule has 1 amide bonds. The molecule has 1 aliphatic rings. The molecule has 3 rings (SSSR count). The lowest BCUT2D eigenvalue weighted by Crippen LogP contribution is -2.42. The molecular formula is C17H18N2O2. The molecule has 0 radical (unpaired) electrons. The summed E-state index contributed by atoms with van der Waals surface area (Å²) in [5.74, 6) is -0.0251. The highest BCUT2D eigenvalue weighted by atomic mass is 16.5. The Morgan fingerprint density at radius 3 is 2.76 bits per heavy atom. The normalized spacial score (nSPS) is 18.5. The summed E-state index contributed by atoms with van der Waals surface area (Å²) < 4.78 is 5.79. The van der Waals surface area contributed by atoms with Crippen molar-refractivity contribution in [3.8, 4) is 0 Å². The molecule has 0 bridgehead atoms. The maximum atomic E-state index is 12.5. The first-order chi connectivity index (χ1) is 10.2. The van der Waals surface area contributed by atoms with E-state index in [9.17, 15) is 4.79 Å². The summed E-state index contributed by atoms with van der Waals surface area (Å²) in [7, 11) is 0. The number of ether oxygens (including phenoxy) is 1. The van der Waals surface area contributed by atoms with Crippen molar-refractivity contribution < 1.29 is 9.53 Å². The molecule has 1 aromatic carbocycles. The van der Waals surface area contributed by atoms with E-state index < -0.39 is 0 Å². The van der Waals surface area contributed by atoms with Crippen molar-refractivity contribution in [2.75, 3.05) is 19.7 Å². The number of morpholine rings is 1. The highest BCUT2D eigenvalue weighted by Gasteiger charge is 2.26. The van der Waals surface area contributed by atoms with E-state index in [2.05, 4.69) is 4.98 Å². The Kier molecular flexibility index (Phi) is 3.97. The van der Waals surface area contributed by atoms with Gasteiger partial charge in [0.05, 0.1) is 13.2 Å². The molecule has 2 aromatic rings. The van der Waals surface area contributed by atoms with Gasteiger partial charge in [-0.1, -0.05) is 36.4 Å². The van der Waals surface area contributed by atoms with Gasteiger partial charge in [0.15, 0.2) is 0 Å². The first-order valence-electron chi connectivity index (χ1n) is 7.13. The molecule has 1 atom stereocenters. The lowest BCUT2D eigenvalue weighted by Gasteiger charge is -2.33. The summed E-state index contributed by atoms with van der Waals surface area (Å²) in [6.07, 6.45) is -0.0614. The number of aryl methyl sites for hydroxylation is 1. The van der Waals surface area contributed by atoms with Crippen LogP contribution in [0, 0.1) is 6.92 Å². The Balaban J connectivity index is 1.75. The molecule has 1 saturated heterocycles. The molecular weight excluding hydrogens is 264 g/mol. The van der Waals surface area contributed by atoms with Crippen molar-refractivity contribution in [1.29, 1.82) is 0 Å². The molecule has 1 unspecified atom stereocenters. The number of carbonyl (C=O) groups excluding carboxylic acids is 1. The fraction of sp³-hybridized carbons (Fsp3) is 0.294. The topological polar surface area (TPSA) is 42.4 Å². The van der Waals surface area contributed by atoms with Gasteiger partial charge in [0.1, 0.15) is 11.8 Å². The quantitative estimate of drug-likeness (QED) is 0.850. The van der Waals surface area contributed by atoms with Crippen LogP contribution in [0.5, 0.6) is 0 Å². The molecule has 1 aromatic heterocycles. The van der Waals surface area contributed by atoms with Gasteiger partial charge in [-0.15, -0.1) is 0 Å². The lowest BCUT2D eigenvalue weighted by atomic mass is 10.1. The Bertz CT molecular complexity index is 628. The molecule has 1 aliphatic heterocycles. The predicted octanol–water partition coefficient (Wildman–Crippen LogP) is 2.60. The number of benzene rings is 1. The first-order valence-corrected chi connectivity index (χ1v) is 7.13. The maximum Gasteiger partial charge on any atom is 0.272 e. The van der Waals surface area contributed by atoms with Crippen LogP contribution < -0.4 is 0 Å². The van der Waals surface area contributed by atoms with Gasteiger partial charge >= 0.3 is 0 Å². The number of rotatable bonds is 2. The molecule has 108 valence electrons. The fourth-order valence-electron chi connectivity index (χ4n) is 2.53. The van der Waals surface area contributed by atoms with Crippen LogP contribution in [0.1, 0.15) is 27.8 Å². The van der Waals surface area contributed by atoms with Crippen molar-refractivity contribution in [1.82, 2.24) is 9.88 Å². The van der Waals surface area contributed by atoms with Gasteiger partial charge in [-0.25, -0.2) is 4.98 Å². The van der Waals surface area contributed by atoms with Gasteiger partial charge in [0.2, 0.25) is 0 Å². The summed E-state index contributed by atoms with van der Waals surface area (Å²) >= 11 is 0. The number of hydrogen-bond donors (Lipinski definition) is 0. The van der Waals surface area contributed by atoms with Gasteiger partial charge in [-0.05, 0) is 24.6 Å². The van der Waals surface area contributed by atoms with Crippen LogP contribution in [0.15, 0.2) is 48.5 Å². The summed E-state index contributed by atoms with van der Waals surface area (Å²) in [5.41, 5.74) is 2.46. The van der Waals surface area contributed by atoms with Crippen molar-refractivity contribution in [3.63, 3.8) is 0 Å². The Morgan fingerprint density at radius 1 is 1.19 bits per heavy atom. The maximum absolute atomic E-state index is 12.5. The number of amides is 1. The van der Waals surface area contributed by atoms with E-state index in [0.717, 1.165) is 11.3 Å². The Morgan fingerprint density at radius 2 is 2.00 bits per heavy atom. The summed E-state index contributed by atoms with van der Waals surface area (Å²) in [4.78, 5) is 18.7. The minimum absolute atomic E-state index is 0.0251. The van der Waals surface area contributed by atoms with Gasteiger partial charge in [0, 0.05) is 12.2 Å². The van der Waals surface area contributed by atoms with Crippen LogP contribution in [0.3, 0.4) is 0 Å². The SMILES string of the molecule is Cc1cccc(C(=O)N2CCOC(c3ccccc3)C2)n1. The van der Waals surface area contributed by atoms with Crippen LogP contribution in [0.4, 0.5) is 0 Å². The van der Waals surface area contributed by atoms with Crippen molar-refractivity contribution >= 4 is 5.91 Å². The summed E-state index contributed by atoms with van der Waals surface area (Å²) in [6.45, 7) is 3.62. The molecule has 4 heteroatoms. The van der Waals surface area contributed by atoms with Gasteiger partial charge in [-0.2, -0.15) is 0 Å². The van der Waals surface area contributed by atoms with E-state index in [1.807, 2.05) is 54.3 Å². The molecule has 2 heterocycles. The standard InChI is InChI=1S/C17H18N2O2/c1-13-6-5-9-15(18-13)17(20)19-10-11-21-16(12-19)14-7-3-2-4-8-14/h2-9,16H,10-12H2,1H3. The van der Waals surface area contributed by atoms with Crippen LogP contribution >= 0.6 is 0 Å². The third-order valence-corrected chi connectivity index (χ3v) is 3.63. The van der Waals surface area contributed by atoms with E-state index in [-0.39, 0.29) is 12.0 Å². The Labute approximate surface area is 124 Å². The zero-order valence-electron chi connectivity index (χ0n) is 12.0. The second kappa shape index (κ2) is 6.06. The van der Waals surface area contributed by atoms with Crippen molar-refractivity contribution in [3.05, 3.63) is 65.5 Å². The van der Waals surface area contributed by atoms with Gasteiger partial charge in [-0.3, -0.25) is 4.79 Å². The highest BCUT2D eigenvalue weighted by Crippen LogP contribution is 2.22. The number of aromatic nitrogens is 1.